The van der Waals surface area contributed by atoms with E-state index in [2.05, 4.69) is 16.8 Å². The lowest BCUT2D eigenvalue weighted by atomic mass is 10.1. The zero-order valence-electron chi connectivity index (χ0n) is 8.24. The van der Waals surface area contributed by atoms with Crippen molar-refractivity contribution in [1.82, 2.24) is 4.98 Å². The van der Waals surface area contributed by atoms with Crippen LogP contribution >= 0.6 is 0 Å². The topological polar surface area (TPSA) is 56.0 Å². The molecule has 0 saturated carbocycles. The molecule has 72 valence electrons. The average molecular weight is 188 g/mol. The smallest absolute Gasteiger partial charge is 0.239 e. The number of anilines is 1. The Morgan fingerprint density at radius 3 is 2.86 bits per heavy atom. The Kier molecular flexibility index (Phi) is 3.24. The van der Waals surface area contributed by atoms with Crippen molar-refractivity contribution in [2.24, 2.45) is 5.92 Å². The summed E-state index contributed by atoms with van der Waals surface area (Å²) in [6.45, 7) is 3.85. The first-order valence-electron chi connectivity index (χ1n) is 4.37. The monoisotopic (exact) mass is 188 g/mol. The molecule has 0 aliphatic heterocycles. The Bertz CT molecular complexity index is 399. The summed E-state index contributed by atoms with van der Waals surface area (Å²) in [5.41, 5.74) is 5.90. The first kappa shape index (κ1) is 10.3. The van der Waals surface area contributed by atoms with Crippen LogP contribution in [-0.2, 0) is 0 Å². The molecular weight excluding hydrogens is 176 g/mol. The first-order valence-corrected chi connectivity index (χ1v) is 4.37. The minimum absolute atomic E-state index is 0.178. The van der Waals surface area contributed by atoms with Gasteiger partial charge in [-0.15, -0.1) is 0 Å². The van der Waals surface area contributed by atoms with E-state index in [1.165, 1.54) is 0 Å². The van der Waals surface area contributed by atoms with E-state index in [0.29, 0.717) is 5.56 Å². The molecule has 0 bridgehead atoms. The predicted octanol–water partition coefficient (Wildman–Crippen LogP) is 1.51. The number of nitrogen functional groups attached to an aromatic ring is 1. The number of pyridine rings is 1. The van der Waals surface area contributed by atoms with Crippen molar-refractivity contribution >= 4 is 11.6 Å². The molecule has 14 heavy (non-hydrogen) atoms. The highest BCUT2D eigenvalue weighted by atomic mass is 16.1. The molecule has 3 heteroatoms. The second-order valence-electron chi connectivity index (χ2n) is 3.19. The molecule has 0 saturated heterocycles. The number of carbonyl (C=O) groups excluding carboxylic acids is 1. The maximum atomic E-state index is 11.5. The highest BCUT2D eigenvalue weighted by Gasteiger charge is 2.06. The van der Waals surface area contributed by atoms with Crippen molar-refractivity contribution in [1.29, 1.82) is 0 Å². The van der Waals surface area contributed by atoms with Gasteiger partial charge in [0.05, 0.1) is 5.56 Å². The quantitative estimate of drug-likeness (QED) is 0.413. The molecule has 0 amide bonds. The molecule has 0 aliphatic rings. The van der Waals surface area contributed by atoms with Gasteiger partial charge in [-0.3, -0.25) is 4.79 Å². The van der Waals surface area contributed by atoms with Crippen LogP contribution in [0.15, 0.2) is 18.3 Å². The van der Waals surface area contributed by atoms with Crippen LogP contribution in [0.4, 0.5) is 5.82 Å². The third-order valence-electron chi connectivity index (χ3n) is 1.56. The molecule has 2 N–H and O–H groups in total. The Morgan fingerprint density at radius 1 is 1.57 bits per heavy atom. The molecule has 0 aromatic carbocycles. The highest BCUT2D eigenvalue weighted by molar-refractivity contribution is 6.11. The first-order chi connectivity index (χ1) is 6.61. The van der Waals surface area contributed by atoms with Gasteiger partial charge < -0.3 is 5.73 Å². The molecule has 3 nitrogen and oxygen atoms in total. The summed E-state index contributed by atoms with van der Waals surface area (Å²) in [5.74, 6) is 5.45. The largest absolute Gasteiger partial charge is 0.383 e. The van der Waals surface area contributed by atoms with Gasteiger partial charge in [-0.2, -0.15) is 0 Å². The van der Waals surface area contributed by atoms with E-state index in [4.69, 9.17) is 5.73 Å². The Balaban J connectivity index is 2.93. The zero-order valence-corrected chi connectivity index (χ0v) is 8.24. The fraction of sp³-hybridized carbons (Fsp3) is 0.273. The standard InChI is InChI=1S/C11H12N2O/c1-8(2)5-6-10(14)9-4-3-7-13-11(9)12/h3-4,7-8H,1-2H3,(H2,12,13). The summed E-state index contributed by atoms with van der Waals surface area (Å²) >= 11 is 0. The van der Waals surface area contributed by atoms with Gasteiger partial charge >= 0.3 is 0 Å². The third kappa shape index (κ3) is 2.60. The van der Waals surface area contributed by atoms with Gasteiger partial charge in [-0.05, 0) is 18.1 Å². The van der Waals surface area contributed by atoms with Crippen molar-refractivity contribution in [3.63, 3.8) is 0 Å². The predicted molar refractivity (Wildman–Crippen MR) is 55.6 cm³/mol. The van der Waals surface area contributed by atoms with E-state index in [0.717, 1.165) is 0 Å². The third-order valence-corrected chi connectivity index (χ3v) is 1.56. The van der Waals surface area contributed by atoms with Crippen molar-refractivity contribution < 1.29 is 4.79 Å². The molecule has 0 unspecified atom stereocenters. The molecule has 1 rings (SSSR count). The van der Waals surface area contributed by atoms with E-state index in [1.54, 1.807) is 18.3 Å². The van der Waals surface area contributed by atoms with E-state index in [-0.39, 0.29) is 17.5 Å². The number of Topliss-reactive ketones (excluding diaryl/α,β-unsaturated/α-hetero) is 1. The van der Waals surface area contributed by atoms with Crippen LogP contribution in [0, 0.1) is 17.8 Å². The second kappa shape index (κ2) is 4.43. The second-order valence-corrected chi connectivity index (χ2v) is 3.19. The molecule has 0 aliphatic carbocycles. The lowest BCUT2D eigenvalue weighted by molar-refractivity contribution is 0.105. The van der Waals surface area contributed by atoms with Gasteiger partial charge in [0.2, 0.25) is 5.78 Å². The fourth-order valence-corrected chi connectivity index (χ4v) is 0.887. The van der Waals surface area contributed by atoms with E-state index in [9.17, 15) is 4.79 Å². The number of rotatable bonds is 1. The summed E-state index contributed by atoms with van der Waals surface area (Å²) in [7, 11) is 0. The van der Waals surface area contributed by atoms with Gasteiger partial charge in [-0.1, -0.05) is 19.8 Å². The molecule has 1 aromatic rings. The Labute approximate surface area is 83.3 Å². The van der Waals surface area contributed by atoms with Crippen molar-refractivity contribution in [3.05, 3.63) is 23.9 Å². The van der Waals surface area contributed by atoms with Gasteiger partial charge in [-0.25, -0.2) is 4.98 Å². The molecule has 0 spiro atoms. The summed E-state index contributed by atoms with van der Waals surface area (Å²) in [4.78, 5) is 15.3. The van der Waals surface area contributed by atoms with Gasteiger partial charge in [0.15, 0.2) is 0 Å². The van der Waals surface area contributed by atoms with Crippen LogP contribution in [0.5, 0.6) is 0 Å². The van der Waals surface area contributed by atoms with E-state index >= 15 is 0 Å². The molecule has 0 atom stereocenters. The maximum Gasteiger partial charge on any atom is 0.239 e. The number of aromatic nitrogens is 1. The van der Waals surface area contributed by atoms with Gasteiger partial charge in [0, 0.05) is 12.1 Å². The lowest BCUT2D eigenvalue weighted by Gasteiger charge is -1.97. The molecule has 1 heterocycles. The average Bonchev–Trinajstić information content (AvgIpc) is 2.15. The normalized spacial score (nSPS) is 9.36. The van der Waals surface area contributed by atoms with Crippen LogP contribution in [0.1, 0.15) is 24.2 Å². The SMILES string of the molecule is CC(C)C#CC(=O)c1cccnc1N. The summed E-state index contributed by atoms with van der Waals surface area (Å²) in [6, 6.07) is 3.29. The minimum Gasteiger partial charge on any atom is -0.383 e. The number of ketones is 1. The summed E-state index contributed by atoms with van der Waals surface area (Å²) in [6.07, 6.45) is 1.54. The van der Waals surface area contributed by atoms with Crippen LogP contribution in [-0.4, -0.2) is 10.8 Å². The van der Waals surface area contributed by atoms with Crippen molar-refractivity contribution in [2.45, 2.75) is 13.8 Å². The van der Waals surface area contributed by atoms with Crippen LogP contribution in [0.2, 0.25) is 0 Å². The van der Waals surface area contributed by atoms with Crippen molar-refractivity contribution in [3.8, 4) is 11.8 Å². The molecule has 0 fully saturated rings. The number of hydrogen-bond donors (Lipinski definition) is 1. The maximum absolute atomic E-state index is 11.5. The fourth-order valence-electron chi connectivity index (χ4n) is 0.887. The van der Waals surface area contributed by atoms with E-state index < -0.39 is 0 Å². The number of nitrogens with zero attached hydrogens (tertiary/aromatic N) is 1. The van der Waals surface area contributed by atoms with Crippen LogP contribution < -0.4 is 5.73 Å². The highest BCUT2D eigenvalue weighted by Crippen LogP contribution is 2.06. The molecular formula is C11H12N2O. The van der Waals surface area contributed by atoms with E-state index in [1.807, 2.05) is 13.8 Å². The number of hydrogen-bond acceptors (Lipinski definition) is 3. The number of carbonyl (C=O) groups is 1. The number of nitrogens with two attached hydrogens (primary N) is 1. The Hall–Kier alpha value is -1.82. The van der Waals surface area contributed by atoms with Gasteiger partial charge in [0.25, 0.3) is 0 Å². The lowest BCUT2D eigenvalue weighted by Crippen LogP contribution is -2.03. The minimum atomic E-state index is -0.274. The Morgan fingerprint density at radius 2 is 2.29 bits per heavy atom. The van der Waals surface area contributed by atoms with Crippen LogP contribution in [0.3, 0.4) is 0 Å². The van der Waals surface area contributed by atoms with Crippen molar-refractivity contribution in [2.75, 3.05) is 5.73 Å². The summed E-state index contributed by atoms with van der Waals surface area (Å²) < 4.78 is 0. The summed E-state index contributed by atoms with van der Waals surface area (Å²) in [5, 5.41) is 0. The molecule has 0 radical (unpaired) electrons. The molecule has 1 aromatic heterocycles. The zero-order chi connectivity index (χ0) is 10.6. The van der Waals surface area contributed by atoms with Crippen LogP contribution in [0.25, 0.3) is 0 Å². The van der Waals surface area contributed by atoms with Gasteiger partial charge in [0.1, 0.15) is 5.82 Å².